The summed E-state index contributed by atoms with van der Waals surface area (Å²) in [6, 6.07) is 5.17. The van der Waals surface area contributed by atoms with E-state index >= 15 is 0 Å². The summed E-state index contributed by atoms with van der Waals surface area (Å²) >= 11 is 0. The van der Waals surface area contributed by atoms with Crippen LogP contribution in [-0.2, 0) is 6.42 Å². The lowest BCUT2D eigenvalue weighted by atomic mass is 9.89. The average molecular weight is 251 g/mol. The Hall–Kier alpha value is -0.890. The largest absolute Gasteiger partial charge is 0.306 e. The zero-order chi connectivity index (χ0) is 13.5. The molecule has 2 rings (SSSR count). The lowest BCUT2D eigenvalue weighted by Crippen LogP contribution is -2.31. The van der Waals surface area contributed by atoms with E-state index in [2.05, 4.69) is 11.9 Å². The summed E-state index contributed by atoms with van der Waals surface area (Å²) in [5.74, 6) is 0.657. The van der Waals surface area contributed by atoms with Crippen LogP contribution in [0, 0.1) is 18.7 Å². The molecule has 0 saturated carbocycles. The van der Waals surface area contributed by atoms with Crippen molar-refractivity contribution in [3.8, 4) is 0 Å². The molecule has 1 saturated heterocycles. The molecule has 2 heteroatoms. The van der Waals surface area contributed by atoms with Gasteiger partial charge in [0.05, 0.1) is 0 Å². The van der Waals surface area contributed by atoms with Gasteiger partial charge in [-0.1, -0.05) is 19.9 Å². The Labute approximate surface area is 111 Å². The first kappa shape index (κ1) is 15.2. The summed E-state index contributed by atoms with van der Waals surface area (Å²) in [4.78, 5) is 2.38. The van der Waals surface area contributed by atoms with Gasteiger partial charge in [-0.15, -0.1) is 0 Å². The minimum absolute atomic E-state index is 0.121. The van der Waals surface area contributed by atoms with E-state index in [9.17, 15) is 4.39 Å². The highest BCUT2D eigenvalue weighted by Gasteiger charge is 2.17. The van der Waals surface area contributed by atoms with Gasteiger partial charge in [-0.25, -0.2) is 4.39 Å². The van der Waals surface area contributed by atoms with Crippen molar-refractivity contribution in [3.63, 3.8) is 0 Å². The summed E-state index contributed by atoms with van der Waals surface area (Å²) in [6.45, 7) is 8.41. The van der Waals surface area contributed by atoms with Gasteiger partial charge in [0.25, 0.3) is 0 Å². The quantitative estimate of drug-likeness (QED) is 0.766. The number of hydrogen-bond donors (Lipinski definition) is 0. The van der Waals surface area contributed by atoms with Crippen molar-refractivity contribution in [2.24, 2.45) is 5.92 Å². The normalized spacial score (nSPS) is 17.2. The SMILES string of the molecule is CC.Cc1cc(F)ccc1CC1CCN(C)CC1. The zero-order valence-electron chi connectivity index (χ0n) is 12.2. The Morgan fingerprint density at radius 1 is 1.22 bits per heavy atom. The fraction of sp³-hybridized carbons (Fsp3) is 0.625. The van der Waals surface area contributed by atoms with Crippen LogP contribution in [0.25, 0.3) is 0 Å². The van der Waals surface area contributed by atoms with Crippen molar-refractivity contribution < 1.29 is 4.39 Å². The standard InChI is InChI=1S/C14H20FN.C2H6/c1-11-9-14(15)4-3-13(11)10-12-5-7-16(2)8-6-12;1-2/h3-4,9,12H,5-8,10H2,1-2H3;1-2H3. The average Bonchev–Trinajstić information content (AvgIpc) is 2.38. The molecule has 1 heterocycles. The van der Waals surface area contributed by atoms with Crippen molar-refractivity contribution in [1.29, 1.82) is 0 Å². The summed E-state index contributed by atoms with van der Waals surface area (Å²) in [5, 5.41) is 0. The Kier molecular flexibility index (Phi) is 6.34. The number of likely N-dealkylation sites (tertiary alicyclic amines) is 1. The molecule has 0 bridgehead atoms. The molecule has 0 atom stereocenters. The number of benzene rings is 1. The molecule has 0 radical (unpaired) electrons. The van der Waals surface area contributed by atoms with Crippen molar-refractivity contribution in [2.75, 3.05) is 20.1 Å². The molecule has 1 aliphatic rings. The summed E-state index contributed by atoms with van der Waals surface area (Å²) in [7, 11) is 2.18. The van der Waals surface area contributed by atoms with E-state index in [0.29, 0.717) is 0 Å². The molecule has 1 fully saturated rings. The number of hydrogen-bond acceptors (Lipinski definition) is 1. The number of rotatable bonds is 2. The van der Waals surface area contributed by atoms with Crippen LogP contribution < -0.4 is 0 Å². The zero-order valence-corrected chi connectivity index (χ0v) is 12.2. The molecule has 1 aromatic carbocycles. The van der Waals surface area contributed by atoms with E-state index in [4.69, 9.17) is 0 Å². The highest BCUT2D eigenvalue weighted by atomic mass is 19.1. The van der Waals surface area contributed by atoms with E-state index in [0.717, 1.165) is 17.9 Å². The topological polar surface area (TPSA) is 3.24 Å². The van der Waals surface area contributed by atoms with E-state index in [1.807, 2.05) is 26.8 Å². The second kappa shape index (κ2) is 7.52. The predicted octanol–water partition coefficient (Wildman–Crippen LogP) is 4.04. The van der Waals surface area contributed by atoms with Crippen LogP contribution in [0.4, 0.5) is 4.39 Å². The van der Waals surface area contributed by atoms with Gasteiger partial charge < -0.3 is 4.90 Å². The summed E-state index contributed by atoms with van der Waals surface area (Å²) < 4.78 is 13.0. The third-order valence-electron chi connectivity index (χ3n) is 3.65. The molecule has 0 unspecified atom stereocenters. The van der Waals surface area contributed by atoms with E-state index in [1.165, 1.54) is 31.5 Å². The highest BCUT2D eigenvalue weighted by Crippen LogP contribution is 2.22. The fourth-order valence-electron chi connectivity index (χ4n) is 2.47. The molecule has 0 amide bonds. The minimum Gasteiger partial charge on any atom is -0.306 e. The van der Waals surface area contributed by atoms with Crippen LogP contribution in [0.2, 0.25) is 0 Å². The van der Waals surface area contributed by atoms with Crippen LogP contribution in [0.15, 0.2) is 18.2 Å². The third-order valence-corrected chi connectivity index (χ3v) is 3.65. The molecule has 1 aliphatic heterocycles. The van der Waals surface area contributed by atoms with Crippen LogP contribution in [-0.4, -0.2) is 25.0 Å². The fourth-order valence-corrected chi connectivity index (χ4v) is 2.47. The molecule has 0 N–H and O–H groups in total. The van der Waals surface area contributed by atoms with E-state index < -0.39 is 0 Å². The lowest BCUT2D eigenvalue weighted by Gasteiger charge is -2.29. The first-order valence-corrected chi connectivity index (χ1v) is 7.08. The molecule has 0 aliphatic carbocycles. The first-order valence-electron chi connectivity index (χ1n) is 7.08. The van der Waals surface area contributed by atoms with E-state index in [-0.39, 0.29) is 5.82 Å². The van der Waals surface area contributed by atoms with Gasteiger partial charge in [0.2, 0.25) is 0 Å². The van der Waals surface area contributed by atoms with Crippen molar-refractivity contribution in [2.45, 2.75) is 40.0 Å². The van der Waals surface area contributed by atoms with Crippen LogP contribution >= 0.6 is 0 Å². The minimum atomic E-state index is -0.121. The van der Waals surface area contributed by atoms with Crippen molar-refractivity contribution >= 4 is 0 Å². The Bertz CT molecular complexity index is 354. The third kappa shape index (κ3) is 4.41. The Morgan fingerprint density at radius 3 is 2.39 bits per heavy atom. The number of halogens is 1. The van der Waals surface area contributed by atoms with Gasteiger partial charge in [0.15, 0.2) is 0 Å². The maximum Gasteiger partial charge on any atom is 0.123 e. The molecule has 18 heavy (non-hydrogen) atoms. The molecule has 0 aromatic heterocycles. The molecular formula is C16H26FN. The second-order valence-corrected chi connectivity index (χ2v) is 5.02. The van der Waals surface area contributed by atoms with Gasteiger partial charge >= 0.3 is 0 Å². The maximum atomic E-state index is 13.0. The molecule has 1 aromatic rings. The Morgan fingerprint density at radius 2 is 1.83 bits per heavy atom. The maximum absolute atomic E-state index is 13.0. The second-order valence-electron chi connectivity index (χ2n) is 5.02. The molecule has 1 nitrogen and oxygen atoms in total. The molecule has 102 valence electrons. The smallest absolute Gasteiger partial charge is 0.123 e. The van der Waals surface area contributed by atoms with Gasteiger partial charge in [0, 0.05) is 0 Å². The van der Waals surface area contributed by atoms with Gasteiger partial charge in [0.1, 0.15) is 5.82 Å². The molecule has 0 spiro atoms. The van der Waals surface area contributed by atoms with Crippen LogP contribution in [0.1, 0.15) is 37.8 Å². The lowest BCUT2D eigenvalue weighted by molar-refractivity contribution is 0.219. The predicted molar refractivity (Wildman–Crippen MR) is 76.4 cm³/mol. The van der Waals surface area contributed by atoms with E-state index in [1.54, 1.807) is 12.1 Å². The first-order chi connectivity index (χ1) is 8.65. The van der Waals surface area contributed by atoms with Crippen molar-refractivity contribution in [3.05, 3.63) is 35.1 Å². The van der Waals surface area contributed by atoms with Crippen LogP contribution in [0.3, 0.4) is 0 Å². The number of nitrogens with zero attached hydrogens (tertiary/aromatic N) is 1. The molecular weight excluding hydrogens is 225 g/mol. The van der Waals surface area contributed by atoms with Crippen molar-refractivity contribution in [1.82, 2.24) is 4.90 Å². The van der Waals surface area contributed by atoms with Crippen LogP contribution in [0.5, 0.6) is 0 Å². The monoisotopic (exact) mass is 251 g/mol. The van der Waals surface area contributed by atoms with Gasteiger partial charge in [-0.3, -0.25) is 0 Å². The van der Waals surface area contributed by atoms with Gasteiger partial charge in [-0.05, 0) is 75.5 Å². The van der Waals surface area contributed by atoms with Gasteiger partial charge in [-0.2, -0.15) is 0 Å². The highest BCUT2D eigenvalue weighted by molar-refractivity contribution is 5.27. The summed E-state index contributed by atoms with van der Waals surface area (Å²) in [5.41, 5.74) is 2.41. The Balaban J connectivity index is 0.000000771. The number of piperidine rings is 1. The number of aryl methyl sites for hydroxylation is 1. The summed E-state index contributed by atoms with van der Waals surface area (Å²) in [6.07, 6.45) is 3.65.